The summed E-state index contributed by atoms with van der Waals surface area (Å²) in [7, 11) is -1.74. The van der Waals surface area contributed by atoms with Crippen LogP contribution in [0.1, 0.15) is 33.6 Å². The van der Waals surface area contributed by atoms with Crippen molar-refractivity contribution in [1.29, 1.82) is 0 Å². The average Bonchev–Trinajstić information content (AvgIpc) is 2.16. The van der Waals surface area contributed by atoms with Gasteiger partial charge in [-0.1, -0.05) is 44.8 Å². The Morgan fingerprint density at radius 3 is 2.24 bits per heavy atom. The van der Waals surface area contributed by atoms with Gasteiger partial charge in [0.25, 0.3) is 0 Å². The van der Waals surface area contributed by atoms with E-state index in [0.717, 1.165) is 6.42 Å². The SMILES string of the molecule is C=CCC#CC(CC=C)O[Si](C)(C)C(C)(C)C. The zero-order chi connectivity index (χ0) is 13.5. The van der Waals surface area contributed by atoms with Gasteiger partial charge in [-0.05, 0) is 18.1 Å². The summed E-state index contributed by atoms with van der Waals surface area (Å²) in [5.74, 6) is 6.25. The van der Waals surface area contributed by atoms with Gasteiger partial charge in [0, 0.05) is 12.8 Å². The Hall–Kier alpha value is -0.783. The average molecular weight is 250 g/mol. The van der Waals surface area contributed by atoms with Gasteiger partial charge in [0.2, 0.25) is 0 Å². The molecule has 0 N–H and O–H groups in total. The summed E-state index contributed by atoms with van der Waals surface area (Å²) in [4.78, 5) is 0. The van der Waals surface area contributed by atoms with Crippen LogP contribution < -0.4 is 0 Å². The molecule has 1 atom stereocenters. The van der Waals surface area contributed by atoms with Crippen LogP contribution >= 0.6 is 0 Å². The van der Waals surface area contributed by atoms with E-state index in [9.17, 15) is 0 Å². The molecule has 0 heterocycles. The van der Waals surface area contributed by atoms with Crippen molar-refractivity contribution in [3.05, 3.63) is 25.3 Å². The normalized spacial score (nSPS) is 13.5. The van der Waals surface area contributed by atoms with Gasteiger partial charge in [-0.3, -0.25) is 0 Å². The maximum absolute atomic E-state index is 6.25. The van der Waals surface area contributed by atoms with Gasteiger partial charge in [0.15, 0.2) is 8.32 Å². The molecular formula is C15H26OSi. The lowest BCUT2D eigenvalue weighted by atomic mass is 10.2. The standard InChI is InChI=1S/C15H26OSi/c1-8-10-11-13-14(12-9-2)16-17(6,7)15(3,4)5/h8-9,14H,1-2,10,12H2,3-7H3. The third-order valence-corrected chi connectivity index (χ3v) is 7.62. The Bertz CT molecular complexity index is 312. The van der Waals surface area contributed by atoms with E-state index in [1.54, 1.807) is 0 Å². The van der Waals surface area contributed by atoms with Gasteiger partial charge < -0.3 is 4.43 Å². The summed E-state index contributed by atoms with van der Waals surface area (Å²) in [6.45, 7) is 18.6. The maximum Gasteiger partial charge on any atom is 0.193 e. The monoisotopic (exact) mass is 250 g/mol. The summed E-state index contributed by atoms with van der Waals surface area (Å²) < 4.78 is 6.25. The maximum atomic E-state index is 6.25. The highest BCUT2D eigenvalue weighted by Crippen LogP contribution is 2.37. The van der Waals surface area contributed by atoms with E-state index in [4.69, 9.17) is 4.43 Å². The summed E-state index contributed by atoms with van der Waals surface area (Å²) in [5, 5.41) is 0.215. The molecule has 0 aliphatic rings. The minimum absolute atomic E-state index is 0.0201. The quantitative estimate of drug-likeness (QED) is 0.396. The molecule has 0 fully saturated rings. The van der Waals surface area contributed by atoms with Crippen LogP contribution in [0.25, 0.3) is 0 Å². The predicted octanol–water partition coefficient (Wildman–Crippen LogP) is 4.53. The molecule has 2 heteroatoms. The molecule has 0 saturated heterocycles. The van der Waals surface area contributed by atoms with E-state index in [1.807, 2.05) is 12.2 Å². The van der Waals surface area contributed by atoms with Crippen LogP contribution in [0.3, 0.4) is 0 Å². The van der Waals surface area contributed by atoms with E-state index >= 15 is 0 Å². The fourth-order valence-corrected chi connectivity index (χ4v) is 2.29. The van der Waals surface area contributed by atoms with Crippen LogP contribution in [0.4, 0.5) is 0 Å². The summed E-state index contributed by atoms with van der Waals surface area (Å²) >= 11 is 0. The number of hydrogen-bond donors (Lipinski definition) is 0. The van der Waals surface area contributed by atoms with Crippen molar-refractivity contribution < 1.29 is 4.43 Å². The van der Waals surface area contributed by atoms with Crippen molar-refractivity contribution in [3.8, 4) is 11.8 Å². The first-order valence-electron chi connectivity index (χ1n) is 6.12. The van der Waals surface area contributed by atoms with Gasteiger partial charge in [-0.15, -0.1) is 13.2 Å². The lowest BCUT2D eigenvalue weighted by Gasteiger charge is -2.37. The summed E-state index contributed by atoms with van der Waals surface area (Å²) in [5.41, 5.74) is 0. The van der Waals surface area contributed by atoms with Crippen molar-refractivity contribution in [3.63, 3.8) is 0 Å². The molecule has 1 unspecified atom stereocenters. The minimum atomic E-state index is -1.74. The van der Waals surface area contributed by atoms with E-state index in [2.05, 4.69) is 58.9 Å². The Kier molecular flexibility index (Phi) is 6.52. The molecule has 0 aliphatic heterocycles. The first-order valence-corrected chi connectivity index (χ1v) is 9.03. The highest BCUT2D eigenvalue weighted by atomic mass is 28.4. The largest absolute Gasteiger partial charge is 0.403 e. The van der Waals surface area contributed by atoms with Crippen molar-refractivity contribution in [2.75, 3.05) is 0 Å². The minimum Gasteiger partial charge on any atom is -0.403 e. The zero-order valence-electron chi connectivity index (χ0n) is 12.0. The van der Waals surface area contributed by atoms with Crippen molar-refractivity contribution in [1.82, 2.24) is 0 Å². The second-order valence-corrected chi connectivity index (χ2v) is 10.5. The van der Waals surface area contributed by atoms with Crippen molar-refractivity contribution in [2.45, 2.75) is 57.8 Å². The van der Waals surface area contributed by atoms with E-state index in [1.165, 1.54) is 0 Å². The Balaban J connectivity index is 4.71. The van der Waals surface area contributed by atoms with Crippen LogP contribution in [0.2, 0.25) is 18.1 Å². The second-order valence-electron chi connectivity index (χ2n) is 5.71. The lowest BCUT2D eigenvalue weighted by molar-refractivity contribution is 0.236. The number of rotatable bonds is 5. The third-order valence-electron chi connectivity index (χ3n) is 3.13. The molecule has 0 amide bonds. The highest BCUT2D eigenvalue weighted by Gasteiger charge is 2.38. The molecule has 0 aromatic carbocycles. The number of allylic oxidation sites excluding steroid dienone is 1. The van der Waals surface area contributed by atoms with Gasteiger partial charge in [-0.2, -0.15) is 0 Å². The Labute approximate surface area is 108 Å². The molecule has 96 valence electrons. The molecule has 0 spiro atoms. The molecule has 0 radical (unpaired) electrons. The van der Waals surface area contributed by atoms with Gasteiger partial charge >= 0.3 is 0 Å². The van der Waals surface area contributed by atoms with Crippen LogP contribution in [-0.2, 0) is 4.43 Å². The fourth-order valence-electron chi connectivity index (χ4n) is 1.07. The van der Waals surface area contributed by atoms with Gasteiger partial charge in [-0.25, -0.2) is 0 Å². The zero-order valence-corrected chi connectivity index (χ0v) is 13.0. The molecule has 0 rings (SSSR count). The molecule has 1 nitrogen and oxygen atoms in total. The Morgan fingerprint density at radius 2 is 1.82 bits per heavy atom. The van der Waals surface area contributed by atoms with E-state index in [-0.39, 0.29) is 11.1 Å². The summed E-state index contributed by atoms with van der Waals surface area (Å²) in [6.07, 6.45) is 5.17. The van der Waals surface area contributed by atoms with Gasteiger partial charge in [0.1, 0.15) is 6.10 Å². The molecule has 0 saturated carbocycles. The fraction of sp³-hybridized carbons (Fsp3) is 0.600. The van der Waals surface area contributed by atoms with Crippen LogP contribution in [0.5, 0.6) is 0 Å². The van der Waals surface area contributed by atoms with Crippen molar-refractivity contribution in [2.24, 2.45) is 0 Å². The smallest absolute Gasteiger partial charge is 0.193 e. The van der Waals surface area contributed by atoms with Crippen molar-refractivity contribution >= 4 is 8.32 Å². The highest BCUT2D eigenvalue weighted by molar-refractivity contribution is 6.74. The molecular weight excluding hydrogens is 224 g/mol. The molecule has 17 heavy (non-hydrogen) atoms. The van der Waals surface area contributed by atoms with Gasteiger partial charge in [0.05, 0.1) is 0 Å². The molecule has 0 aliphatic carbocycles. The molecule has 0 aromatic rings. The first kappa shape index (κ1) is 16.2. The van der Waals surface area contributed by atoms with E-state index < -0.39 is 8.32 Å². The van der Waals surface area contributed by atoms with Crippen LogP contribution in [0, 0.1) is 11.8 Å². The second kappa shape index (κ2) is 6.83. The first-order chi connectivity index (χ1) is 7.74. The van der Waals surface area contributed by atoms with Crippen LogP contribution in [0.15, 0.2) is 25.3 Å². The molecule has 0 aromatic heterocycles. The third kappa shape index (κ3) is 5.91. The predicted molar refractivity (Wildman–Crippen MR) is 79.5 cm³/mol. The van der Waals surface area contributed by atoms with Crippen LogP contribution in [-0.4, -0.2) is 14.4 Å². The van der Waals surface area contributed by atoms with E-state index in [0.29, 0.717) is 6.42 Å². The Morgan fingerprint density at radius 1 is 1.24 bits per heavy atom. The lowest BCUT2D eigenvalue weighted by Crippen LogP contribution is -2.43. The topological polar surface area (TPSA) is 9.23 Å². The molecule has 0 bridgehead atoms. The number of hydrogen-bond acceptors (Lipinski definition) is 1. The summed E-state index contributed by atoms with van der Waals surface area (Å²) in [6, 6.07) is 0.